The summed E-state index contributed by atoms with van der Waals surface area (Å²) in [6.07, 6.45) is 1.82. The molecule has 8 heteroatoms. The lowest BCUT2D eigenvalue weighted by molar-refractivity contribution is -0.148. The van der Waals surface area contributed by atoms with E-state index in [1.807, 2.05) is 0 Å². The molecule has 30 heavy (non-hydrogen) atoms. The predicted molar refractivity (Wildman–Crippen MR) is 110 cm³/mol. The third-order valence-corrected chi connectivity index (χ3v) is 4.28. The van der Waals surface area contributed by atoms with Crippen LogP contribution in [0.4, 0.5) is 5.69 Å². The molecular formula is C22H23NO7. The zero-order chi connectivity index (χ0) is 21.5. The zero-order valence-corrected chi connectivity index (χ0v) is 17.0. The number of hydrogen-bond acceptors (Lipinski definition) is 7. The van der Waals surface area contributed by atoms with E-state index in [2.05, 4.69) is 5.32 Å². The highest BCUT2D eigenvalue weighted by molar-refractivity contribution is 5.96. The number of benzene rings is 2. The Morgan fingerprint density at radius 3 is 2.50 bits per heavy atom. The summed E-state index contributed by atoms with van der Waals surface area (Å²) in [6, 6.07) is 10.3. The lowest BCUT2D eigenvalue weighted by Crippen LogP contribution is -2.29. The number of rotatable bonds is 7. The molecule has 1 atom stereocenters. The van der Waals surface area contributed by atoms with Gasteiger partial charge in [0, 0.05) is 11.8 Å². The van der Waals surface area contributed by atoms with Crippen LogP contribution in [-0.4, -0.2) is 45.4 Å². The van der Waals surface area contributed by atoms with Crippen LogP contribution in [0, 0.1) is 0 Å². The normalized spacial score (nSPS) is 13.4. The molecule has 0 aliphatic carbocycles. The minimum absolute atomic E-state index is 0.437. The third kappa shape index (κ3) is 5.22. The average Bonchev–Trinajstić information content (AvgIpc) is 2.77. The summed E-state index contributed by atoms with van der Waals surface area (Å²) in [6.45, 7) is 2.38. The minimum atomic E-state index is -0.973. The van der Waals surface area contributed by atoms with E-state index in [0.29, 0.717) is 47.5 Å². The summed E-state index contributed by atoms with van der Waals surface area (Å²) in [5, 5.41) is 2.68. The van der Waals surface area contributed by atoms with Gasteiger partial charge in [-0.1, -0.05) is 0 Å². The first-order chi connectivity index (χ1) is 14.5. The third-order valence-electron chi connectivity index (χ3n) is 4.28. The predicted octanol–water partition coefficient (Wildman–Crippen LogP) is 3.06. The van der Waals surface area contributed by atoms with Crippen LogP contribution < -0.4 is 24.3 Å². The SMILES string of the molecule is COc1ccc(NC(=O)[C@@H](C)OC(=O)/C=C/c2cc(OC)c3c(c2)OCCO3)cc1. The van der Waals surface area contributed by atoms with E-state index < -0.39 is 18.0 Å². The summed E-state index contributed by atoms with van der Waals surface area (Å²) < 4.78 is 26.7. The largest absolute Gasteiger partial charge is 0.497 e. The van der Waals surface area contributed by atoms with Crippen molar-refractivity contribution in [2.75, 3.05) is 32.8 Å². The Kier molecular flexibility index (Phi) is 6.79. The van der Waals surface area contributed by atoms with E-state index in [-0.39, 0.29) is 0 Å². The number of methoxy groups -OCH3 is 2. The Morgan fingerprint density at radius 2 is 1.80 bits per heavy atom. The van der Waals surface area contributed by atoms with Crippen molar-refractivity contribution in [3.8, 4) is 23.0 Å². The van der Waals surface area contributed by atoms with Gasteiger partial charge in [0.05, 0.1) is 14.2 Å². The fraction of sp³-hybridized carbons (Fsp3) is 0.273. The Balaban J connectivity index is 1.59. The second kappa shape index (κ2) is 9.69. The van der Waals surface area contributed by atoms with Gasteiger partial charge >= 0.3 is 5.97 Å². The number of fused-ring (bicyclic) bond motifs is 1. The van der Waals surface area contributed by atoms with Gasteiger partial charge in [-0.3, -0.25) is 4.79 Å². The minimum Gasteiger partial charge on any atom is -0.497 e. The Labute approximate surface area is 174 Å². The molecule has 0 bridgehead atoms. The molecule has 0 radical (unpaired) electrons. The van der Waals surface area contributed by atoms with Gasteiger partial charge in [-0.2, -0.15) is 0 Å². The van der Waals surface area contributed by atoms with E-state index >= 15 is 0 Å². The average molecular weight is 413 g/mol. The van der Waals surface area contributed by atoms with Crippen molar-refractivity contribution in [3.05, 3.63) is 48.0 Å². The van der Waals surface area contributed by atoms with Crippen molar-refractivity contribution in [2.24, 2.45) is 0 Å². The molecular weight excluding hydrogens is 390 g/mol. The number of carbonyl (C=O) groups excluding carboxylic acids is 2. The maximum atomic E-state index is 12.2. The number of carbonyl (C=O) groups is 2. The second-order valence-electron chi connectivity index (χ2n) is 6.38. The number of hydrogen-bond donors (Lipinski definition) is 1. The maximum absolute atomic E-state index is 12.2. The Hall–Kier alpha value is -3.68. The van der Waals surface area contributed by atoms with Crippen molar-refractivity contribution in [1.82, 2.24) is 0 Å². The number of nitrogens with one attached hydrogen (secondary N) is 1. The first-order valence-corrected chi connectivity index (χ1v) is 9.31. The van der Waals surface area contributed by atoms with Gasteiger partial charge in [-0.05, 0) is 55.0 Å². The van der Waals surface area contributed by atoms with Crippen LogP contribution in [0.1, 0.15) is 12.5 Å². The lowest BCUT2D eigenvalue weighted by Gasteiger charge is -2.20. The van der Waals surface area contributed by atoms with E-state index in [0.717, 1.165) is 0 Å². The van der Waals surface area contributed by atoms with Crippen LogP contribution in [0.5, 0.6) is 23.0 Å². The molecule has 158 valence electrons. The summed E-state index contributed by atoms with van der Waals surface area (Å²) in [5.74, 6) is 1.16. The smallest absolute Gasteiger partial charge is 0.331 e. The van der Waals surface area contributed by atoms with Gasteiger partial charge in [-0.15, -0.1) is 0 Å². The molecule has 0 spiro atoms. The van der Waals surface area contributed by atoms with Crippen molar-refractivity contribution < 1.29 is 33.3 Å². The van der Waals surface area contributed by atoms with Gasteiger partial charge in [-0.25, -0.2) is 4.79 Å². The molecule has 0 fully saturated rings. The van der Waals surface area contributed by atoms with Crippen LogP contribution in [-0.2, 0) is 14.3 Å². The van der Waals surface area contributed by atoms with E-state index in [4.69, 9.17) is 23.7 Å². The first-order valence-electron chi connectivity index (χ1n) is 9.31. The highest BCUT2D eigenvalue weighted by Gasteiger charge is 2.19. The summed E-state index contributed by atoms with van der Waals surface area (Å²) in [7, 11) is 3.09. The first kappa shape index (κ1) is 21.0. The van der Waals surface area contributed by atoms with Crippen LogP contribution in [0.3, 0.4) is 0 Å². The van der Waals surface area contributed by atoms with Gasteiger partial charge in [0.1, 0.15) is 19.0 Å². The molecule has 1 aliphatic heterocycles. The number of esters is 1. The molecule has 1 amide bonds. The molecule has 1 N–H and O–H groups in total. The maximum Gasteiger partial charge on any atom is 0.331 e. The molecule has 1 aliphatic rings. The number of ether oxygens (including phenoxy) is 5. The highest BCUT2D eigenvalue weighted by Crippen LogP contribution is 2.40. The number of anilines is 1. The number of amides is 1. The highest BCUT2D eigenvalue weighted by atomic mass is 16.6. The molecule has 3 rings (SSSR count). The summed E-state index contributed by atoms with van der Waals surface area (Å²) >= 11 is 0. The standard InChI is InChI=1S/C22H23NO7/c1-14(22(25)23-16-5-7-17(26-2)8-6-16)30-20(24)9-4-15-12-18(27-3)21-19(13-15)28-10-11-29-21/h4-9,12-14H,10-11H2,1-3H3,(H,23,25)/b9-4+/t14-/m1/s1. The topological polar surface area (TPSA) is 92.3 Å². The van der Waals surface area contributed by atoms with Crippen molar-refractivity contribution in [1.29, 1.82) is 0 Å². The summed E-state index contributed by atoms with van der Waals surface area (Å²) in [4.78, 5) is 24.3. The van der Waals surface area contributed by atoms with Crippen LogP contribution in [0.2, 0.25) is 0 Å². The van der Waals surface area contributed by atoms with Crippen molar-refractivity contribution >= 4 is 23.6 Å². The van der Waals surface area contributed by atoms with Crippen LogP contribution in [0.25, 0.3) is 6.08 Å². The Bertz CT molecular complexity index is 920. The molecule has 0 unspecified atom stereocenters. The Morgan fingerprint density at radius 1 is 1.07 bits per heavy atom. The molecule has 0 saturated heterocycles. The quantitative estimate of drug-likeness (QED) is 0.551. The fourth-order valence-electron chi connectivity index (χ4n) is 2.74. The van der Waals surface area contributed by atoms with Gasteiger partial charge < -0.3 is 29.0 Å². The van der Waals surface area contributed by atoms with Crippen LogP contribution in [0.15, 0.2) is 42.5 Å². The lowest BCUT2D eigenvalue weighted by atomic mass is 10.1. The molecule has 2 aromatic carbocycles. The molecule has 1 heterocycles. The molecule has 0 saturated carbocycles. The fourth-order valence-corrected chi connectivity index (χ4v) is 2.74. The van der Waals surface area contributed by atoms with E-state index in [1.54, 1.807) is 49.6 Å². The van der Waals surface area contributed by atoms with Crippen molar-refractivity contribution in [3.63, 3.8) is 0 Å². The summed E-state index contributed by atoms with van der Waals surface area (Å²) in [5.41, 5.74) is 1.24. The van der Waals surface area contributed by atoms with E-state index in [9.17, 15) is 9.59 Å². The monoisotopic (exact) mass is 413 g/mol. The molecule has 8 nitrogen and oxygen atoms in total. The van der Waals surface area contributed by atoms with Gasteiger partial charge in [0.15, 0.2) is 17.6 Å². The van der Waals surface area contributed by atoms with E-state index in [1.165, 1.54) is 20.1 Å². The van der Waals surface area contributed by atoms with Gasteiger partial charge in [0.25, 0.3) is 5.91 Å². The second-order valence-corrected chi connectivity index (χ2v) is 6.38. The van der Waals surface area contributed by atoms with Gasteiger partial charge in [0.2, 0.25) is 5.75 Å². The zero-order valence-electron chi connectivity index (χ0n) is 17.0. The molecule has 0 aromatic heterocycles. The van der Waals surface area contributed by atoms with Crippen molar-refractivity contribution in [2.45, 2.75) is 13.0 Å². The van der Waals surface area contributed by atoms with Crippen LogP contribution >= 0.6 is 0 Å². The molecule has 2 aromatic rings.